The molecular formula is C11H12Cl2O4S. The van der Waals surface area contributed by atoms with Crippen molar-refractivity contribution in [3.8, 4) is 0 Å². The van der Waals surface area contributed by atoms with Crippen molar-refractivity contribution in [1.82, 2.24) is 0 Å². The van der Waals surface area contributed by atoms with Crippen LogP contribution in [0.15, 0.2) is 23.1 Å². The largest absolute Gasteiger partial charge is 0.469 e. The van der Waals surface area contributed by atoms with Crippen LogP contribution in [0.1, 0.15) is 13.3 Å². The van der Waals surface area contributed by atoms with Gasteiger partial charge in [-0.3, -0.25) is 4.79 Å². The zero-order valence-corrected chi connectivity index (χ0v) is 12.1. The van der Waals surface area contributed by atoms with Gasteiger partial charge in [-0.1, -0.05) is 23.2 Å². The normalized spacial score (nSPS) is 13.1. The Kier molecular flexibility index (Phi) is 5.01. The van der Waals surface area contributed by atoms with Gasteiger partial charge in [-0.2, -0.15) is 0 Å². The standard InChI is InChI=1S/C11H12Cl2O4S/c1-7(5-11(14)17-2)18(15,16)8-3-4-9(12)10(13)6-8/h3-4,6-7H,5H2,1-2H3. The predicted molar refractivity (Wildman–Crippen MR) is 69.7 cm³/mol. The van der Waals surface area contributed by atoms with Gasteiger partial charge in [-0.25, -0.2) is 8.42 Å². The summed E-state index contributed by atoms with van der Waals surface area (Å²) in [6, 6.07) is 4.03. The molecule has 7 heteroatoms. The maximum atomic E-state index is 12.1. The Morgan fingerprint density at radius 1 is 1.33 bits per heavy atom. The van der Waals surface area contributed by atoms with Gasteiger partial charge in [-0.05, 0) is 25.1 Å². The molecule has 1 atom stereocenters. The van der Waals surface area contributed by atoms with Crippen molar-refractivity contribution in [2.45, 2.75) is 23.5 Å². The highest BCUT2D eigenvalue weighted by atomic mass is 35.5. The van der Waals surface area contributed by atoms with E-state index in [2.05, 4.69) is 4.74 Å². The summed E-state index contributed by atoms with van der Waals surface area (Å²) in [7, 11) is -2.42. The summed E-state index contributed by atoms with van der Waals surface area (Å²) in [5.74, 6) is -0.578. The second-order valence-corrected chi connectivity index (χ2v) is 6.89. The molecule has 0 fully saturated rings. The highest BCUT2D eigenvalue weighted by Crippen LogP contribution is 2.27. The van der Waals surface area contributed by atoms with Crippen molar-refractivity contribution in [3.63, 3.8) is 0 Å². The molecule has 0 saturated heterocycles. The second-order valence-electron chi connectivity index (χ2n) is 3.71. The summed E-state index contributed by atoms with van der Waals surface area (Å²) in [6.07, 6.45) is -0.209. The molecule has 4 nitrogen and oxygen atoms in total. The molecule has 1 aromatic rings. The molecule has 1 unspecified atom stereocenters. The van der Waals surface area contributed by atoms with Gasteiger partial charge in [-0.15, -0.1) is 0 Å². The minimum absolute atomic E-state index is 0.0355. The number of halogens is 2. The van der Waals surface area contributed by atoms with Gasteiger partial charge in [0.15, 0.2) is 9.84 Å². The molecule has 1 rings (SSSR count). The van der Waals surface area contributed by atoms with Gasteiger partial charge < -0.3 is 4.74 Å². The van der Waals surface area contributed by atoms with Crippen LogP contribution in [0.5, 0.6) is 0 Å². The molecule has 0 aliphatic heterocycles. The average molecular weight is 311 g/mol. The summed E-state index contributed by atoms with van der Waals surface area (Å²) in [5.41, 5.74) is 0. The van der Waals surface area contributed by atoms with E-state index in [0.717, 1.165) is 0 Å². The van der Waals surface area contributed by atoms with E-state index < -0.39 is 21.1 Å². The molecule has 0 radical (unpaired) electrons. The number of hydrogen-bond donors (Lipinski definition) is 0. The van der Waals surface area contributed by atoms with Crippen LogP contribution in [-0.4, -0.2) is 26.7 Å². The zero-order valence-electron chi connectivity index (χ0n) is 9.81. The van der Waals surface area contributed by atoms with Gasteiger partial charge in [0, 0.05) is 0 Å². The van der Waals surface area contributed by atoms with Crippen molar-refractivity contribution in [3.05, 3.63) is 28.2 Å². The number of carbonyl (C=O) groups excluding carboxylic acids is 1. The van der Waals surface area contributed by atoms with Crippen LogP contribution in [-0.2, 0) is 19.4 Å². The number of rotatable bonds is 4. The smallest absolute Gasteiger partial charge is 0.306 e. The van der Waals surface area contributed by atoms with Crippen molar-refractivity contribution in [2.24, 2.45) is 0 Å². The molecule has 0 heterocycles. The fourth-order valence-electron chi connectivity index (χ4n) is 1.31. The third-order valence-corrected chi connectivity index (χ3v) is 5.31. The molecular weight excluding hydrogens is 299 g/mol. The maximum Gasteiger partial charge on any atom is 0.306 e. The molecule has 0 amide bonds. The molecule has 0 aliphatic rings. The lowest BCUT2D eigenvalue weighted by atomic mass is 10.3. The third-order valence-electron chi connectivity index (χ3n) is 2.43. The lowest BCUT2D eigenvalue weighted by Gasteiger charge is -2.12. The third kappa shape index (κ3) is 3.37. The zero-order chi connectivity index (χ0) is 13.9. The summed E-state index contributed by atoms with van der Waals surface area (Å²) >= 11 is 11.5. The molecule has 100 valence electrons. The van der Waals surface area contributed by atoms with Crippen LogP contribution in [0.25, 0.3) is 0 Å². The van der Waals surface area contributed by atoms with Crippen molar-refractivity contribution in [2.75, 3.05) is 7.11 Å². The number of sulfone groups is 1. The van der Waals surface area contributed by atoms with Crippen LogP contribution in [0.2, 0.25) is 10.0 Å². The van der Waals surface area contributed by atoms with Crippen LogP contribution >= 0.6 is 23.2 Å². The van der Waals surface area contributed by atoms with E-state index in [-0.39, 0.29) is 21.4 Å². The number of ether oxygens (including phenoxy) is 1. The molecule has 0 bridgehead atoms. The Bertz CT molecular complexity index is 554. The highest BCUT2D eigenvalue weighted by molar-refractivity contribution is 7.92. The van der Waals surface area contributed by atoms with Gasteiger partial charge in [0.25, 0.3) is 0 Å². The highest BCUT2D eigenvalue weighted by Gasteiger charge is 2.26. The Hall–Kier alpha value is -0.780. The average Bonchev–Trinajstić information content (AvgIpc) is 2.32. The number of hydrogen-bond acceptors (Lipinski definition) is 4. The number of esters is 1. The van der Waals surface area contributed by atoms with E-state index in [4.69, 9.17) is 23.2 Å². The molecule has 0 spiro atoms. The summed E-state index contributed by atoms with van der Waals surface area (Å²) in [5, 5.41) is -0.457. The van der Waals surface area contributed by atoms with Crippen molar-refractivity contribution >= 4 is 39.0 Å². The quantitative estimate of drug-likeness (QED) is 0.802. The van der Waals surface area contributed by atoms with E-state index in [1.54, 1.807) is 0 Å². The van der Waals surface area contributed by atoms with E-state index in [1.165, 1.54) is 32.2 Å². The van der Waals surface area contributed by atoms with E-state index in [1.807, 2.05) is 0 Å². The molecule has 18 heavy (non-hydrogen) atoms. The minimum Gasteiger partial charge on any atom is -0.469 e. The number of carbonyl (C=O) groups is 1. The summed E-state index contributed by atoms with van der Waals surface area (Å²) in [4.78, 5) is 11.1. The van der Waals surface area contributed by atoms with Gasteiger partial charge in [0.1, 0.15) is 0 Å². The topological polar surface area (TPSA) is 60.4 Å². The van der Waals surface area contributed by atoms with Crippen LogP contribution in [0.4, 0.5) is 0 Å². The van der Waals surface area contributed by atoms with Gasteiger partial charge >= 0.3 is 5.97 Å². The van der Waals surface area contributed by atoms with E-state index >= 15 is 0 Å². The fourth-order valence-corrected chi connectivity index (χ4v) is 3.04. The lowest BCUT2D eigenvalue weighted by Crippen LogP contribution is -2.22. The lowest BCUT2D eigenvalue weighted by molar-refractivity contribution is -0.140. The van der Waals surface area contributed by atoms with Crippen LogP contribution < -0.4 is 0 Å². The Balaban J connectivity index is 3.05. The number of benzene rings is 1. The predicted octanol–water partition coefficient (Wildman–Crippen LogP) is 2.72. The first-order valence-electron chi connectivity index (χ1n) is 5.04. The first-order valence-corrected chi connectivity index (χ1v) is 7.35. The Morgan fingerprint density at radius 2 is 1.94 bits per heavy atom. The minimum atomic E-state index is -3.63. The van der Waals surface area contributed by atoms with E-state index in [0.29, 0.717) is 0 Å². The molecule has 0 aromatic heterocycles. The van der Waals surface area contributed by atoms with Crippen LogP contribution in [0.3, 0.4) is 0 Å². The summed E-state index contributed by atoms with van der Waals surface area (Å²) in [6.45, 7) is 1.44. The van der Waals surface area contributed by atoms with Gasteiger partial charge in [0.2, 0.25) is 0 Å². The Labute approximate surface area is 116 Å². The second kappa shape index (κ2) is 5.91. The van der Waals surface area contributed by atoms with Gasteiger partial charge in [0.05, 0.1) is 33.7 Å². The monoisotopic (exact) mass is 310 g/mol. The van der Waals surface area contributed by atoms with Crippen LogP contribution in [0, 0.1) is 0 Å². The first-order chi connectivity index (χ1) is 8.28. The summed E-state index contributed by atoms with van der Waals surface area (Å²) < 4.78 is 28.7. The maximum absolute atomic E-state index is 12.1. The first kappa shape index (κ1) is 15.3. The fraction of sp³-hybridized carbons (Fsp3) is 0.364. The number of methoxy groups -OCH3 is 1. The Morgan fingerprint density at radius 3 is 2.44 bits per heavy atom. The van der Waals surface area contributed by atoms with Crippen molar-refractivity contribution in [1.29, 1.82) is 0 Å². The van der Waals surface area contributed by atoms with Crippen molar-refractivity contribution < 1.29 is 17.9 Å². The molecule has 1 aromatic carbocycles. The molecule has 0 N–H and O–H groups in total. The van der Waals surface area contributed by atoms with E-state index in [9.17, 15) is 13.2 Å². The SMILES string of the molecule is COC(=O)CC(C)S(=O)(=O)c1ccc(Cl)c(Cl)c1. The molecule has 0 saturated carbocycles. The molecule has 0 aliphatic carbocycles.